The number of halogens is 4. The SMILES string of the molecule is O=C1OC(c2cccc(Br)c2)=N/C1=C\c1cc(Br)c(OCc2ccc(F)cc2)c(Br)c1. The van der Waals surface area contributed by atoms with Crippen molar-refractivity contribution < 1.29 is 18.7 Å². The highest BCUT2D eigenvalue weighted by atomic mass is 79.9. The van der Waals surface area contributed by atoms with Crippen LogP contribution in [0.4, 0.5) is 4.39 Å². The molecule has 4 rings (SSSR count). The Morgan fingerprint density at radius 1 is 1.00 bits per heavy atom. The van der Waals surface area contributed by atoms with Crippen LogP contribution in [0, 0.1) is 5.82 Å². The Labute approximate surface area is 203 Å². The first-order chi connectivity index (χ1) is 14.9. The number of hydrogen-bond acceptors (Lipinski definition) is 4. The van der Waals surface area contributed by atoms with Gasteiger partial charge in [0.2, 0.25) is 5.90 Å². The third kappa shape index (κ3) is 5.31. The minimum absolute atomic E-state index is 0.203. The molecule has 0 amide bonds. The van der Waals surface area contributed by atoms with E-state index in [1.807, 2.05) is 36.4 Å². The topological polar surface area (TPSA) is 47.9 Å². The van der Waals surface area contributed by atoms with Crippen LogP contribution in [0.1, 0.15) is 16.7 Å². The lowest BCUT2D eigenvalue weighted by Crippen LogP contribution is -2.05. The number of benzene rings is 3. The molecule has 1 aliphatic rings. The van der Waals surface area contributed by atoms with E-state index in [0.29, 0.717) is 20.3 Å². The van der Waals surface area contributed by atoms with Crippen LogP contribution in [-0.2, 0) is 16.1 Å². The van der Waals surface area contributed by atoms with Gasteiger partial charge in [0.05, 0.1) is 8.95 Å². The van der Waals surface area contributed by atoms with Gasteiger partial charge in [-0.1, -0.05) is 34.1 Å². The molecule has 0 radical (unpaired) electrons. The van der Waals surface area contributed by atoms with Gasteiger partial charge in [0.1, 0.15) is 18.2 Å². The number of cyclic esters (lactones) is 1. The molecule has 8 heteroatoms. The summed E-state index contributed by atoms with van der Waals surface area (Å²) in [6.45, 7) is 0.282. The number of rotatable bonds is 5. The maximum absolute atomic E-state index is 13.1. The van der Waals surface area contributed by atoms with Crippen LogP contribution in [-0.4, -0.2) is 11.9 Å². The second-order valence-corrected chi connectivity index (χ2v) is 9.20. The Kier molecular flexibility index (Phi) is 6.69. The van der Waals surface area contributed by atoms with Gasteiger partial charge >= 0.3 is 5.97 Å². The van der Waals surface area contributed by atoms with Crippen LogP contribution in [0.3, 0.4) is 0 Å². The lowest BCUT2D eigenvalue weighted by atomic mass is 10.2. The summed E-state index contributed by atoms with van der Waals surface area (Å²) in [5.74, 6) is 0.0484. The van der Waals surface area contributed by atoms with Gasteiger partial charge in [0.15, 0.2) is 5.70 Å². The molecule has 4 nitrogen and oxygen atoms in total. The fraction of sp³-hybridized carbons (Fsp3) is 0.0435. The molecule has 0 aromatic heterocycles. The summed E-state index contributed by atoms with van der Waals surface area (Å²) < 4.78 is 26.5. The summed E-state index contributed by atoms with van der Waals surface area (Å²) in [5, 5.41) is 0. The molecule has 31 heavy (non-hydrogen) atoms. The van der Waals surface area contributed by atoms with Gasteiger partial charge in [-0.3, -0.25) is 0 Å². The summed E-state index contributed by atoms with van der Waals surface area (Å²) in [5.41, 5.74) is 2.49. The molecule has 0 spiro atoms. The van der Waals surface area contributed by atoms with Crippen LogP contribution in [0.5, 0.6) is 5.75 Å². The van der Waals surface area contributed by atoms with E-state index >= 15 is 0 Å². The van der Waals surface area contributed by atoms with Crippen molar-refractivity contribution in [2.24, 2.45) is 4.99 Å². The number of carbonyl (C=O) groups is 1. The van der Waals surface area contributed by atoms with Crippen molar-refractivity contribution in [1.82, 2.24) is 0 Å². The fourth-order valence-electron chi connectivity index (χ4n) is 2.85. The second-order valence-electron chi connectivity index (χ2n) is 6.58. The molecule has 3 aromatic carbocycles. The smallest absolute Gasteiger partial charge is 0.363 e. The molecule has 1 aliphatic heterocycles. The van der Waals surface area contributed by atoms with E-state index in [0.717, 1.165) is 15.6 Å². The van der Waals surface area contributed by atoms with Crippen molar-refractivity contribution >= 4 is 65.7 Å². The predicted molar refractivity (Wildman–Crippen MR) is 127 cm³/mol. The quantitative estimate of drug-likeness (QED) is 0.230. The largest absolute Gasteiger partial charge is 0.487 e. The summed E-state index contributed by atoms with van der Waals surface area (Å²) in [7, 11) is 0. The van der Waals surface area contributed by atoms with Crippen molar-refractivity contribution in [3.8, 4) is 5.75 Å². The molecular weight excluding hydrogens is 597 g/mol. The minimum atomic E-state index is -0.515. The van der Waals surface area contributed by atoms with E-state index in [9.17, 15) is 9.18 Å². The first-order valence-corrected chi connectivity index (χ1v) is 11.4. The zero-order valence-electron chi connectivity index (χ0n) is 15.7. The Morgan fingerprint density at radius 3 is 2.39 bits per heavy atom. The summed E-state index contributed by atoms with van der Waals surface area (Å²) in [6, 6.07) is 17.1. The molecule has 0 aliphatic carbocycles. The van der Waals surface area contributed by atoms with Crippen molar-refractivity contribution in [3.05, 3.63) is 102 Å². The van der Waals surface area contributed by atoms with Crippen LogP contribution in [0.25, 0.3) is 6.08 Å². The summed E-state index contributed by atoms with van der Waals surface area (Å²) >= 11 is 10.4. The molecule has 156 valence electrons. The lowest BCUT2D eigenvalue weighted by molar-refractivity contribution is -0.129. The molecule has 0 atom stereocenters. The van der Waals surface area contributed by atoms with E-state index in [2.05, 4.69) is 52.8 Å². The maximum Gasteiger partial charge on any atom is 0.363 e. The standard InChI is InChI=1S/C23H13Br3FNO3/c24-16-3-1-2-15(11-16)22-28-20(23(29)31-22)10-14-8-18(25)21(19(26)9-14)30-12-13-4-6-17(27)7-5-13/h1-11H,12H2/b20-10-. The predicted octanol–water partition coefficient (Wildman–Crippen LogP) is 7.04. The van der Waals surface area contributed by atoms with Crippen LogP contribution >= 0.6 is 47.8 Å². The minimum Gasteiger partial charge on any atom is -0.487 e. The van der Waals surface area contributed by atoms with E-state index in [1.54, 1.807) is 18.2 Å². The van der Waals surface area contributed by atoms with E-state index in [4.69, 9.17) is 9.47 Å². The third-order valence-corrected chi connectivity index (χ3v) is 5.98. The third-order valence-electron chi connectivity index (χ3n) is 4.31. The van der Waals surface area contributed by atoms with Crippen molar-refractivity contribution in [2.45, 2.75) is 6.61 Å². The van der Waals surface area contributed by atoms with Gasteiger partial charge in [0, 0.05) is 10.0 Å². The summed E-state index contributed by atoms with van der Waals surface area (Å²) in [6.07, 6.45) is 1.65. The number of carbonyl (C=O) groups excluding carboxylic acids is 1. The highest BCUT2D eigenvalue weighted by molar-refractivity contribution is 9.11. The number of aliphatic imine (C=N–C) groups is 1. The second kappa shape index (κ2) is 9.46. The van der Waals surface area contributed by atoms with Gasteiger partial charge in [-0.25, -0.2) is 14.2 Å². The number of hydrogen-bond donors (Lipinski definition) is 0. The Bertz CT molecular complexity index is 1200. The highest BCUT2D eigenvalue weighted by Crippen LogP contribution is 2.36. The van der Waals surface area contributed by atoms with Crippen molar-refractivity contribution in [2.75, 3.05) is 0 Å². The first kappa shape index (κ1) is 21.9. The van der Waals surface area contributed by atoms with Gasteiger partial charge in [-0.05, 0) is 91.5 Å². The number of esters is 1. The van der Waals surface area contributed by atoms with E-state index in [1.165, 1.54) is 12.1 Å². The number of ether oxygens (including phenoxy) is 2. The molecule has 0 N–H and O–H groups in total. The average molecular weight is 610 g/mol. The number of nitrogens with zero attached hydrogens (tertiary/aromatic N) is 1. The normalized spacial score (nSPS) is 14.5. The van der Waals surface area contributed by atoms with Gasteiger partial charge in [0.25, 0.3) is 0 Å². The van der Waals surface area contributed by atoms with Gasteiger partial charge in [-0.15, -0.1) is 0 Å². The maximum atomic E-state index is 13.1. The monoisotopic (exact) mass is 607 g/mol. The highest BCUT2D eigenvalue weighted by Gasteiger charge is 2.24. The Hall–Kier alpha value is -2.29. The molecule has 0 saturated carbocycles. The molecule has 0 bridgehead atoms. The van der Waals surface area contributed by atoms with Crippen LogP contribution in [0.15, 0.2) is 84.8 Å². The molecule has 0 saturated heterocycles. The van der Waals surface area contributed by atoms with Crippen LogP contribution < -0.4 is 4.74 Å². The summed E-state index contributed by atoms with van der Waals surface area (Å²) in [4.78, 5) is 16.6. The lowest BCUT2D eigenvalue weighted by Gasteiger charge is -2.11. The van der Waals surface area contributed by atoms with Gasteiger partial charge < -0.3 is 9.47 Å². The van der Waals surface area contributed by atoms with Crippen LogP contribution in [0.2, 0.25) is 0 Å². The van der Waals surface area contributed by atoms with Crippen molar-refractivity contribution in [1.29, 1.82) is 0 Å². The van der Waals surface area contributed by atoms with Gasteiger partial charge in [-0.2, -0.15) is 0 Å². The van der Waals surface area contributed by atoms with E-state index in [-0.39, 0.29) is 24.0 Å². The Morgan fingerprint density at radius 2 is 1.71 bits per heavy atom. The molecular formula is C23H13Br3FNO3. The Balaban J connectivity index is 1.55. The fourth-order valence-corrected chi connectivity index (χ4v) is 4.70. The zero-order valence-corrected chi connectivity index (χ0v) is 20.5. The first-order valence-electron chi connectivity index (χ1n) is 9.04. The van der Waals surface area contributed by atoms with E-state index < -0.39 is 5.97 Å². The molecule has 3 aromatic rings. The molecule has 0 unspecified atom stereocenters. The molecule has 1 heterocycles. The molecule has 0 fully saturated rings. The average Bonchev–Trinajstić information content (AvgIpc) is 3.09. The van der Waals surface area contributed by atoms with Crippen molar-refractivity contribution in [3.63, 3.8) is 0 Å². The zero-order chi connectivity index (χ0) is 22.0.